The molecule has 0 aromatic heterocycles. The van der Waals surface area contributed by atoms with Gasteiger partial charge in [0, 0.05) is 19.1 Å². The predicted octanol–water partition coefficient (Wildman–Crippen LogP) is 3.28. The second kappa shape index (κ2) is 10.1. The molecule has 4 N–H and O–H groups in total. The van der Waals surface area contributed by atoms with Crippen LogP contribution in [0.15, 0.2) is 47.4 Å². The van der Waals surface area contributed by atoms with Crippen molar-refractivity contribution in [1.29, 1.82) is 0 Å². The molecule has 160 valence electrons. The lowest BCUT2D eigenvalue weighted by atomic mass is 10.0. The highest BCUT2D eigenvalue weighted by Crippen LogP contribution is 2.35. The molecule has 2 aromatic carbocycles. The van der Waals surface area contributed by atoms with Gasteiger partial charge in [0.05, 0.1) is 21.0 Å². The summed E-state index contributed by atoms with van der Waals surface area (Å²) in [6.45, 7) is 3.74. The monoisotopic (exact) mass is 460 g/mol. The second-order valence-corrected chi connectivity index (χ2v) is 10.1. The molecule has 6 nitrogen and oxygen atoms in total. The van der Waals surface area contributed by atoms with Gasteiger partial charge >= 0.3 is 0 Å². The maximum Gasteiger partial charge on any atom is 0.243 e. The standard InChI is InChI=1S/C20H26Cl2N2O4S/c1-13(2)11-24(12-19(25)18(23)8-14-6-4-3-5-7-14)29(27,28)15-9-16(21)20(26)17(22)10-15/h3-7,9-10,13,18-19,25-26H,8,11-12,23H2,1-2H3/t18-,19+/m0/s1. The van der Waals surface area contributed by atoms with E-state index in [0.29, 0.717) is 6.42 Å². The van der Waals surface area contributed by atoms with Gasteiger partial charge in [-0.05, 0) is 30.0 Å². The minimum atomic E-state index is -4.02. The normalized spacial score (nSPS) is 14.3. The highest BCUT2D eigenvalue weighted by Gasteiger charge is 2.30. The fraction of sp³-hybridized carbons (Fsp3) is 0.400. The summed E-state index contributed by atoms with van der Waals surface area (Å²) in [5.74, 6) is -0.377. The summed E-state index contributed by atoms with van der Waals surface area (Å²) in [6.07, 6.45) is -0.666. The van der Waals surface area contributed by atoms with Crippen molar-refractivity contribution in [3.05, 3.63) is 58.1 Å². The largest absolute Gasteiger partial charge is 0.505 e. The molecule has 0 saturated heterocycles. The Balaban J connectivity index is 2.26. The smallest absolute Gasteiger partial charge is 0.243 e. The lowest BCUT2D eigenvalue weighted by Gasteiger charge is -2.29. The fourth-order valence-corrected chi connectivity index (χ4v) is 5.18. The maximum atomic E-state index is 13.2. The van der Waals surface area contributed by atoms with Crippen LogP contribution in [0.2, 0.25) is 10.0 Å². The van der Waals surface area contributed by atoms with E-state index in [0.717, 1.165) is 17.7 Å². The van der Waals surface area contributed by atoms with Gasteiger partial charge in [-0.15, -0.1) is 0 Å². The molecule has 2 aromatic rings. The number of aliphatic hydroxyl groups is 1. The number of phenolic OH excluding ortho intramolecular Hbond substituents is 1. The first-order valence-corrected chi connectivity index (χ1v) is 11.4. The van der Waals surface area contributed by atoms with E-state index in [2.05, 4.69) is 0 Å². The molecule has 0 bridgehead atoms. The molecule has 0 aliphatic heterocycles. The van der Waals surface area contributed by atoms with E-state index in [1.54, 1.807) is 0 Å². The van der Waals surface area contributed by atoms with Gasteiger partial charge in [0.2, 0.25) is 10.0 Å². The van der Waals surface area contributed by atoms with E-state index >= 15 is 0 Å². The molecule has 2 atom stereocenters. The van der Waals surface area contributed by atoms with Crippen molar-refractivity contribution in [2.75, 3.05) is 13.1 Å². The van der Waals surface area contributed by atoms with E-state index in [-0.39, 0.29) is 39.7 Å². The molecule has 0 unspecified atom stereocenters. The molecule has 0 fully saturated rings. The van der Waals surface area contributed by atoms with Gasteiger partial charge in [-0.25, -0.2) is 8.42 Å². The number of rotatable bonds is 9. The number of aliphatic hydroxyl groups excluding tert-OH is 1. The molecule has 0 spiro atoms. The van der Waals surface area contributed by atoms with Crippen molar-refractivity contribution in [2.45, 2.75) is 37.3 Å². The first-order valence-electron chi connectivity index (χ1n) is 9.18. The average Bonchev–Trinajstić information content (AvgIpc) is 2.65. The van der Waals surface area contributed by atoms with E-state index in [9.17, 15) is 18.6 Å². The Morgan fingerprint density at radius 2 is 1.62 bits per heavy atom. The number of sulfonamides is 1. The van der Waals surface area contributed by atoms with Gasteiger partial charge in [0.25, 0.3) is 0 Å². The first-order chi connectivity index (χ1) is 13.5. The lowest BCUT2D eigenvalue weighted by Crippen LogP contribution is -2.47. The summed E-state index contributed by atoms with van der Waals surface area (Å²) in [5.41, 5.74) is 7.08. The molecule has 0 heterocycles. The van der Waals surface area contributed by atoms with Crippen LogP contribution >= 0.6 is 23.2 Å². The van der Waals surface area contributed by atoms with Crippen LogP contribution in [0.25, 0.3) is 0 Å². The number of hydrogen-bond donors (Lipinski definition) is 3. The zero-order valence-corrected chi connectivity index (χ0v) is 18.6. The third kappa shape index (κ3) is 6.31. The van der Waals surface area contributed by atoms with Crippen molar-refractivity contribution in [1.82, 2.24) is 4.31 Å². The van der Waals surface area contributed by atoms with Gasteiger partial charge in [0.15, 0.2) is 5.75 Å². The highest BCUT2D eigenvalue weighted by molar-refractivity contribution is 7.89. The van der Waals surface area contributed by atoms with Gasteiger partial charge in [0.1, 0.15) is 0 Å². The topological polar surface area (TPSA) is 104 Å². The zero-order valence-electron chi connectivity index (χ0n) is 16.3. The molecule has 0 aliphatic carbocycles. The second-order valence-electron chi connectivity index (χ2n) is 7.37. The average molecular weight is 461 g/mol. The minimum Gasteiger partial charge on any atom is -0.505 e. The number of benzene rings is 2. The number of nitrogens with two attached hydrogens (primary N) is 1. The quantitative estimate of drug-likeness (QED) is 0.532. The minimum absolute atomic E-state index is 0.00498. The fourth-order valence-electron chi connectivity index (χ4n) is 2.88. The summed E-state index contributed by atoms with van der Waals surface area (Å²) >= 11 is 11.8. The van der Waals surface area contributed by atoms with E-state index in [1.165, 1.54) is 4.31 Å². The SMILES string of the molecule is CC(C)CN(C[C@@H](O)[C@@H](N)Cc1ccccc1)S(=O)(=O)c1cc(Cl)c(O)c(Cl)c1. The van der Waals surface area contributed by atoms with Crippen molar-refractivity contribution < 1.29 is 18.6 Å². The zero-order chi connectivity index (χ0) is 21.8. The van der Waals surface area contributed by atoms with E-state index < -0.39 is 22.2 Å². The molecule has 9 heteroatoms. The molecular formula is C20H26Cl2N2O4S. The van der Waals surface area contributed by atoms with Crippen LogP contribution in [0.4, 0.5) is 0 Å². The number of aromatic hydroxyl groups is 1. The van der Waals surface area contributed by atoms with Crippen LogP contribution in [0.1, 0.15) is 19.4 Å². The molecule has 0 saturated carbocycles. The number of halogens is 2. The van der Waals surface area contributed by atoms with Crippen LogP contribution in [-0.2, 0) is 16.4 Å². The van der Waals surface area contributed by atoms with Gasteiger partial charge in [-0.3, -0.25) is 0 Å². The van der Waals surface area contributed by atoms with Crippen LogP contribution in [-0.4, -0.2) is 48.2 Å². The Morgan fingerprint density at radius 3 is 2.14 bits per heavy atom. The molecule has 29 heavy (non-hydrogen) atoms. The van der Waals surface area contributed by atoms with Crippen LogP contribution in [0.3, 0.4) is 0 Å². The van der Waals surface area contributed by atoms with Crippen LogP contribution in [0.5, 0.6) is 5.75 Å². The Morgan fingerprint density at radius 1 is 1.07 bits per heavy atom. The highest BCUT2D eigenvalue weighted by atomic mass is 35.5. The molecule has 2 rings (SSSR count). The maximum absolute atomic E-state index is 13.2. The molecule has 0 radical (unpaired) electrons. The number of hydrogen-bond acceptors (Lipinski definition) is 5. The summed E-state index contributed by atoms with van der Waals surface area (Å²) in [5, 5.41) is 20.0. The Hall–Kier alpha value is -1.35. The summed E-state index contributed by atoms with van der Waals surface area (Å²) in [4.78, 5) is -0.158. The molecule has 0 amide bonds. The molecule has 0 aliphatic rings. The number of phenols is 1. The van der Waals surface area contributed by atoms with Gasteiger partial charge in [-0.2, -0.15) is 4.31 Å². The van der Waals surface area contributed by atoms with Crippen molar-refractivity contribution in [3.8, 4) is 5.75 Å². The Bertz CT molecular complexity index is 900. The number of nitrogens with zero attached hydrogens (tertiary/aromatic N) is 1. The predicted molar refractivity (Wildman–Crippen MR) is 116 cm³/mol. The Labute approximate surface area is 181 Å². The summed E-state index contributed by atoms with van der Waals surface area (Å²) in [6, 6.07) is 11.1. The van der Waals surface area contributed by atoms with Gasteiger partial charge < -0.3 is 15.9 Å². The van der Waals surface area contributed by atoms with Crippen molar-refractivity contribution >= 4 is 33.2 Å². The third-order valence-electron chi connectivity index (χ3n) is 4.40. The summed E-state index contributed by atoms with van der Waals surface area (Å²) < 4.78 is 27.5. The van der Waals surface area contributed by atoms with Crippen LogP contribution in [0, 0.1) is 5.92 Å². The lowest BCUT2D eigenvalue weighted by molar-refractivity contribution is 0.116. The van der Waals surface area contributed by atoms with E-state index in [4.69, 9.17) is 28.9 Å². The third-order valence-corrected chi connectivity index (χ3v) is 6.78. The van der Waals surface area contributed by atoms with Crippen molar-refractivity contribution in [2.24, 2.45) is 11.7 Å². The summed E-state index contributed by atoms with van der Waals surface area (Å²) in [7, 11) is -4.02. The first kappa shape index (κ1) is 23.9. The van der Waals surface area contributed by atoms with E-state index in [1.807, 2.05) is 44.2 Å². The van der Waals surface area contributed by atoms with Gasteiger partial charge in [-0.1, -0.05) is 67.4 Å². The van der Waals surface area contributed by atoms with Crippen molar-refractivity contribution in [3.63, 3.8) is 0 Å². The molecular weight excluding hydrogens is 435 g/mol. The van der Waals surface area contributed by atoms with Crippen LogP contribution < -0.4 is 5.73 Å². The Kier molecular flexibility index (Phi) is 8.34.